The zero-order valence-corrected chi connectivity index (χ0v) is 18.8. The highest BCUT2D eigenvalue weighted by Gasteiger charge is 2.47. The van der Waals surface area contributed by atoms with Crippen LogP contribution in [0.1, 0.15) is 23.8 Å². The van der Waals surface area contributed by atoms with Crippen LogP contribution < -0.4 is 9.47 Å². The van der Waals surface area contributed by atoms with Crippen molar-refractivity contribution in [3.63, 3.8) is 0 Å². The molecule has 2 saturated heterocycles. The van der Waals surface area contributed by atoms with Crippen molar-refractivity contribution >= 4 is 17.4 Å². The second-order valence-electron chi connectivity index (χ2n) is 7.88. The van der Waals surface area contributed by atoms with Crippen LogP contribution in [0.3, 0.4) is 0 Å². The number of nitrogens with zero attached hydrogens (tertiary/aromatic N) is 2. The molecule has 176 valence electrons. The number of hydrogen-bond acceptors (Lipinski definition) is 8. The maximum absolute atomic E-state index is 13.1. The van der Waals surface area contributed by atoms with Gasteiger partial charge in [-0.15, -0.1) is 0 Å². The second kappa shape index (κ2) is 10.1. The first-order valence-electron chi connectivity index (χ1n) is 10.9. The number of aliphatic hydroxyl groups excluding tert-OH is 1. The van der Waals surface area contributed by atoms with E-state index in [2.05, 4.69) is 4.90 Å². The van der Waals surface area contributed by atoms with Gasteiger partial charge >= 0.3 is 0 Å². The number of carbonyl (C=O) groups is 2. The molecule has 1 aromatic heterocycles. The van der Waals surface area contributed by atoms with Crippen molar-refractivity contribution < 1.29 is 33.3 Å². The molecule has 1 amide bonds. The molecular weight excluding hydrogens is 428 g/mol. The molecule has 0 unspecified atom stereocenters. The van der Waals surface area contributed by atoms with Crippen LogP contribution in [0, 0.1) is 0 Å². The van der Waals surface area contributed by atoms with Crippen molar-refractivity contribution in [1.29, 1.82) is 0 Å². The van der Waals surface area contributed by atoms with Gasteiger partial charge in [0, 0.05) is 32.2 Å². The number of hydrogen-bond donors (Lipinski definition) is 1. The van der Waals surface area contributed by atoms with E-state index in [0.717, 1.165) is 19.6 Å². The van der Waals surface area contributed by atoms with Crippen molar-refractivity contribution in [2.24, 2.45) is 0 Å². The Morgan fingerprint density at radius 3 is 2.58 bits per heavy atom. The Kier molecular flexibility index (Phi) is 7.00. The Balaban J connectivity index is 1.66. The summed E-state index contributed by atoms with van der Waals surface area (Å²) in [5.74, 6) is -0.455. The molecule has 9 heteroatoms. The minimum Gasteiger partial charge on any atom is -0.507 e. The van der Waals surface area contributed by atoms with E-state index in [1.807, 2.05) is 0 Å². The van der Waals surface area contributed by atoms with Gasteiger partial charge in [0.05, 0.1) is 44.8 Å². The normalized spacial score (nSPS) is 20.9. The van der Waals surface area contributed by atoms with E-state index in [0.29, 0.717) is 49.0 Å². The van der Waals surface area contributed by atoms with Gasteiger partial charge < -0.3 is 28.6 Å². The Morgan fingerprint density at radius 2 is 1.91 bits per heavy atom. The number of benzene rings is 1. The summed E-state index contributed by atoms with van der Waals surface area (Å²) < 4.78 is 21.6. The monoisotopic (exact) mass is 456 g/mol. The maximum Gasteiger partial charge on any atom is 0.295 e. The SMILES string of the molecule is COc1ccc(/C(O)=C2\C(=O)C(=O)N(CCCN3CCOCC3)[C@@H]2c2ccco2)c(OC)c1. The first-order chi connectivity index (χ1) is 16.0. The van der Waals surface area contributed by atoms with Crippen LogP contribution in [0.15, 0.2) is 46.6 Å². The summed E-state index contributed by atoms with van der Waals surface area (Å²) in [7, 11) is 2.98. The number of morpholine rings is 1. The number of furan rings is 1. The summed E-state index contributed by atoms with van der Waals surface area (Å²) in [5, 5.41) is 11.2. The number of aliphatic hydroxyl groups is 1. The van der Waals surface area contributed by atoms with Gasteiger partial charge in [-0.1, -0.05) is 0 Å². The van der Waals surface area contributed by atoms with E-state index in [-0.39, 0.29) is 11.3 Å². The Bertz CT molecular complexity index is 1030. The lowest BCUT2D eigenvalue weighted by Gasteiger charge is -2.28. The molecule has 3 heterocycles. The number of ketones is 1. The largest absolute Gasteiger partial charge is 0.507 e. The van der Waals surface area contributed by atoms with E-state index in [1.165, 1.54) is 25.4 Å². The molecule has 0 bridgehead atoms. The van der Waals surface area contributed by atoms with Gasteiger partial charge in [-0.25, -0.2) is 0 Å². The fraction of sp³-hybridized carbons (Fsp3) is 0.417. The molecule has 33 heavy (non-hydrogen) atoms. The van der Waals surface area contributed by atoms with E-state index in [4.69, 9.17) is 18.6 Å². The quantitative estimate of drug-likeness (QED) is 0.367. The van der Waals surface area contributed by atoms with E-state index >= 15 is 0 Å². The lowest BCUT2D eigenvalue weighted by atomic mass is 9.98. The third-order valence-electron chi connectivity index (χ3n) is 5.99. The molecule has 0 aliphatic carbocycles. The number of methoxy groups -OCH3 is 2. The number of Topliss-reactive ketones (excluding diaryl/α,β-unsaturated/α-hetero) is 1. The molecule has 1 N–H and O–H groups in total. The van der Waals surface area contributed by atoms with E-state index in [9.17, 15) is 14.7 Å². The molecule has 0 spiro atoms. The van der Waals surface area contributed by atoms with Gasteiger partial charge in [0.1, 0.15) is 29.1 Å². The van der Waals surface area contributed by atoms with Crippen molar-refractivity contribution in [3.05, 3.63) is 53.5 Å². The molecule has 1 aromatic carbocycles. The number of likely N-dealkylation sites (tertiary alicyclic amines) is 1. The van der Waals surface area contributed by atoms with E-state index < -0.39 is 17.7 Å². The summed E-state index contributed by atoms with van der Waals surface area (Å²) in [5.41, 5.74) is 0.269. The number of ether oxygens (including phenoxy) is 3. The van der Waals surface area contributed by atoms with Gasteiger partial charge in [-0.2, -0.15) is 0 Å². The fourth-order valence-corrected chi connectivity index (χ4v) is 4.28. The standard InChI is InChI=1S/C24H28N2O7/c1-30-16-6-7-17(19(15-16)31-2)22(27)20-21(18-5-3-12-33-18)26(24(29)23(20)28)9-4-8-25-10-13-32-14-11-25/h3,5-7,12,15,21,27H,4,8-11,13-14H2,1-2H3/b22-20+/t21-/m1/s1. The Labute approximate surface area is 192 Å². The summed E-state index contributed by atoms with van der Waals surface area (Å²) in [6, 6.07) is 7.42. The summed E-state index contributed by atoms with van der Waals surface area (Å²) in [6.45, 7) is 4.21. The molecule has 2 aliphatic rings. The predicted octanol–water partition coefficient (Wildman–Crippen LogP) is 2.44. The minimum absolute atomic E-state index is 0.0233. The molecule has 1 atom stereocenters. The van der Waals surface area contributed by atoms with E-state index in [1.54, 1.807) is 30.3 Å². The van der Waals surface area contributed by atoms with Crippen molar-refractivity contribution in [1.82, 2.24) is 9.80 Å². The molecule has 2 aliphatic heterocycles. The predicted molar refractivity (Wildman–Crippen MR) is 119 cm³/mol. The highest BCUT2D eigenvalue weighted by atomic mass is 16.5. The molecular formula is C24H28N2O7. The van der Waals surface area contributed by atoms with Crippen LogP contribution in [-0.4, -0.2) is 80.2 Å². The van der Waals surface area contributed by atoms with Crippen LogP contribution in [0.5, 0.6) is 11.5 Å². The summed E-state index contributed by atoms with van der Waals surface area (Å²) >= 11 is 0. The lowest BCUT2D eigenvalue weighted by molar-refractivity contribution is -0.140. The van der Waals surface area contributed by atoms with Crippen molar-refractivity contribution in [2.45, 2.75) is 12.5 Å². The summed E-state index contributed by atoms with van der Waals surface area (Å²) in [4.78, 5) is 29.8. The number of amides is 1. The van der Waals surface area contributed by atoms with Gasteiger partial charge in [0.2, 0.25) is 0 Å². The Hall–Kier alpha value is -3.30. The minimum atomic E-state index is -0.823. The van der Waals surface area contributed by atoms with Crippen molar-refractivity contribution in [2.75, 3.05) is 53.6 Å². The zero-order valence-electron chi connectivity index (χ0n) is 18.8. The zero-order chi connectivity index (χ0) is 23.4. The second-order valence-corrected chi connectivity index (χ2v) is 7.88. The average molecular weight is 456 g/mol. The number of carbonyl (C=O) groups excluding carboxylic acids is 2. The number of rotatable bonds is 8. The van der Waals surface area contributed by atoms with Gasteiger partial charge in [-0.05, 0) is 30.7 Å². The third-order valence-corrected chi connectivity index (χ3v) is 5.99. The van der Waals surface area contributed by atoms with Crippen LogP contribution in [0.25, 0.3) is 5.76 Å². The highest BCUT2D eigenvalue weighted by molar-refractivity contribution is 6.46. The van der Waals surface area contributed by atoms with Crippen LogP contribution >= 0.6 is 0 Å². The van der Waals surface area contributed by atoms with Crippen molar-refractivity contribution in [3.8, 4) is 11.5 Å². The fourth-order valence-electron chi connectivity index (χ4n) is 4.28. The first kappa shape index (κ1) is 22.9. The van der Waals surface area contributed by atoms with Gasteiger partial charge in [0.15, 0.2) is 0 Å². The third kappa shape index (κ3) is 4.60. The van der Waals surface area contributed by atoms with Gasteiger partial charge in [0.25, 0.3) is 11.7 Å². The highest BCUT2D eigenvalue weighted by Crippen LogP contribution is 2.41. The molecule has 9 nitrogen and oxygen atoms in total. The first-order valence-corrected chi connectivity index (χ1v) is 10.9. The van der Waals surface area contributed by atoms with Crippen LogP contribution in [0.4, 0.5) is 0 Å². The molecule has 4 rings (SSSR count). The topological polar surface area (TPSA) is 102 Å². The maximum atomic E-state index is 13.1. The Morgan fingerprint density at radius 1 is 1.12 bits per heavy atom. The smallest absolute Gasteiger partial charge is 0.295 e. The van der Waals surface area contributed by atoms with Crippen LogP contribution in [-0.2, 0) is 14.3 Å². The lowest BCUT2D eigenvalue weighted by Crippen LogP contribution is -2.38. The molecule has 0 saturated carbocycles. The average Bonchev–Trinajstić information content (AvgIpc) is 3.46. The van der Waals surface area contributed by atoms with Gasteiger partial charge in [-0.3, -0.25) is 14.5 Å². The summed E-state index contributed by atoms with van der Waals surface area (Å²) in [6.07, 6.45) is 2.16. The molecule has 2 aromatic rings. The molecule has 2 fully saturated rings. The molecule has 0 radical (unpaired) electrons. The van der Waals surface area contributed by atoms with Crippen LogP contribution in [0.2, 0.25) is 0 Å².